The minimum atomic E-state index is -0.307. The highest BCUT2D eigenvalue weighted by molar-refractivity contribution is 6.31. The van der Waals surface area contributed by atoms with Gasteiger partial charge in [0.2, 0.25) is 0 Å². The van der Waals surface area contributed by atoms with Crippen molar-refractivity contribution in [2.45, 2.75) is 6.61 Å². The third kappa shape index (κ3) is 2.99. The summed E-state index contributed by atoms with van der Waals surface area (Å²) in [5.74, 6) is 0.260. The molecule has 2 nitrogen and oxygen atoms in total. The molecule has 4 heteroatoms. The Morgan fingerprint density at radius 2 is 1.89 bits per heavy atom. The number of benzene rings is 2. The number of hydrogen-bond acceptors (Lipinski definition) is 2. The van der Waals surface area contributed by atoms with Gasteiger partial charge in [-0.25, -0.2) is 4.39 Å². The first-order valence-electron chi connectivity index (χ1n) is 5.26. The molecule has 0 aliphatic heterocycles. The molecule has 0 aromatic heterocycles. The Kier molecular flexibility index (Phi) is 3.81. The Morgan fingerprint density at radius 3 is 2.50 bits per heavy atom. The maximum atomic E-state index is 12.7. The van der Waals surface area contributed by atoms with Crippen molar-refractivity contribution in [2.24, 2.45) is 0 Å². The van der Waals surface area contributed by atoms with E-state index in [1.54, 1.807) is 30.3 Å². The highest BCUT2D eigenvalue weighted by Crippen LogP contribution is 2.20. The van der Waals surface area contributed by atoms with Crippen LogP contribution in [0.15, 0.2) is 42.5 Å². The van der Waals surface area contributed by atoms with Crippen LogP contribution < -0.4 is 4.74 Å². The van der Waals surface area contributed by atoms with Crippen molar-refractivity contribution in [1.82, 2.24) is 0 Å². The lowest BCUT2D eigenvalue weighted by atomic mass is 10.1. The Hall–Kier alpha value is -2.05. The summed E-state index contributed by atoms with van der Waals surface area (Å²) >= 11 is 6.01. The van der Waals surface area contributed by atoms with Gasteiger partial charge < -0.3 is 4.74 Å². The van der Waals surface area contributed by atoms with Crippen LogP contribution in [0, 0.1) is 17.1 Å². The van der Waals surface area contributed by atoms with Gasteiger partial charge in [-0.1, -0.05) is 17.7 Å². The van der Waals surface area contributed by atoms with E-state index in [0.717, 1.165) is 5.56 Å². The first-order valence-corrected chi connectivity index (χ1v) is 5.64. The molecule has 2 aromatic rings. The molecule has 0 aliphatic rings. The summed E-state index contributed by atoms with van der Waals surface area (Å²) < 4.78 is 18.2. The van der Waals surface area contributed by atoms with Crippen LogP contribution in [0.5, 0.6) is 5.75 Å². The average Bonchev–Trinajstić information content (AvgIpc) is 2.39. The molecule has 0 saturated carbocycles. The third-order valence-electron chi connectivity index (χ3n) is 2.39. The quantitative estimate of drug-likeness (QED) is 0.839. The van der Waals surface area contributed by atoms with E-state index in [1.807, 2.05) is 6.07 Å². The monoisotopic (exact) mass is 261 g/mol. The summed E-state index contributed by atoms with van der Waals surface area (Å²) in [6.45, 7) is 0.274. The summed E-state index contributed by atoms with van der Waals surface area (Å²) in [7, 11) is 0. The number of hydrogen-bond donors (Lipinski definition) is 0. The zero-order valence-electron chi connectivity index (χ0n) is 9.36. The average molecular weight is 262 g/mol. The fourth-order valence-electron chi connectivity index (χ4n) is 1.43. The van der Waals surface area contributed by atoms with Crippen LogP contribution in [-0.4, -0.2) is 0 Å². The zero-order valence-corrected chi connectivity index (χ0v) is 10.1. The van der Waals surface area contributed by atoms with Crippen LogP contribution in [0.2, 0.25) is 5.02 Å². The molecule has 0 aliphatic carbocycles. The fraction of sp³-hybridized carbons (Fsp3) is 0.0714. The maximum Gasteiger partial charge on any atom is 0.123 e. The van der Waals surface area contributed by atoms with Gasteiger partial charge in [0.1, 0.15) is 18.2 Å². The lowest BCUT2D eigenvalue weighted by molar-refractivity contribution is 0.306. The third-order valence-corrected chi connectivity index (χ3v) is 2.74. The second-order valence-electron chi connectivity index (χ2n) is 3.66. The Bertz CT molecular complexity index is 590. The van der Waals surface area contributed by atoms with Crippen LogP contribution in [0.25, 0.3) is 0 Å². The van der Waals surface area contributed by atoms with Gasteiger partial charge in [0.25, 0.3) is 0 Å². The molecule has 2 aromatic carbocycles. The minimum Gasteiger partial charge on any atom is -0.489 e. The molecule has 2 rings (SSSR count). The SMILES string of the molecule is N#Cc1ccc(COc2ccc(F)cc2)c(Cl)c1. The molecule has 0 bridgehead atoms. The summed E-state index contributed by atoms with van der Waals surface area (Å²) in [6.07, 6.45) is 0. The molecule has 0 heterocycles. The van der Waals surface area contributed by atoms with Crippen molar-refractivity contribution in [2.75, 3.05) is 0 Å². The molecule has 0 N–H and O–H groups in total. The number of ether oxygens (including phenoxy) is 1. The number of nitriles is 1. The van der Waals surface area contributed by atoms with Gasteiger partial charge in [-0.2, -0.15) is 5.26 Å². The summed E-state index contributed by atoms with van der Waals surface area (Å²) in [6, 6.07) is 12.8. The van der Waals surface area contributed by atoms with Crippen LogP contribution in [0.1, 0.15) is 11.1 Å². The lowest BCUT2D eigenvalue weighted by Gasteiger charge is -2.07. The van der Waals surface area contributed by atoms with E-state index in [2.05, 4.69) is 0 Å². The van der Waals surface area contributed by atoms with Gasteiger partial charge in [0, 0.05) is 10.6 Å². The molecule has 0 atom stereocenters. The second kappa shape index (κ2) is 5.52. The number of nitrogens with zero attached hydrogens (tertiary/aromatic N) is 1. The van der Waals surface area contributed by atoms with Crippen LogP contribution >= 0.6 is 11.6 Å². The van der Waals surface area contributed by atoms with Gasteiger partial charge in [-0.3, -0.25) is 0 Å². The van der Waals surface area contributed by atoms with Crippen LogP contribution in [0.3, 0.4) is 0 Å². The summed E-state index contributed by atoms with van der Waals surface area (Å²) in [5.41, 5.74) is 1.28. The van der Waals surface area contributed by atoms with E-state index in [9.17, 15) is 4.39 Å². The van der Waals surface area contributed by atoms with E-state index in [-0.39, 0.29) is 12.4 Å². The van der Waals surface area contributed by atoms with E-state index in [4.69, 9.17) is 21.6 Å². The highest BCUT2D eigenvalue weighted by Gasteiger charge is 2.03. The first kappa shape index (κ1) is 12.4. The van der Waals surface area contributed by atoms with Gasteiger partial charge >= 0.3 is 0 Å². The number of halogens is 2. The van der Waals surface area contributed by atoms with Crippen molar-refractivity contribution in [3.63, 3.8) is 0 Å². The van der Waals surface area contributed by atoms with Crippen molar-refractivity contribution >= 4 is 11.6 Å². The van der Waals surface area contributed by atoms with Gasteiger partial charge in [-0.05, 0) is 36.4 Å². The summed E-state index contributed by atoms with van der Waals surface area (Å²) in [4.78, 5) is 0. The van der Waals surface area contributed by atoms with E-state index < -0.39 is 0 Å². The largest absolute Gasteiger partial charge is 0.489 e. The Labute approximate surface area is 109 Å². The lowest BCUT2D eigenvalue weighted by Crippen LogP contribution is -1.96. The molecular formula is C14H9ClFNO. The predicted octanol–water partition coefficient (Wildman–Crippen LogP) is 3.93. The molecule has 0 amide bonds. The molecule has 0 saturated heterocycles. The van der Waals surface area contributed by atoms with E-state index in [0.29, 0.717) is 16.3 Å². The zero-order chi connectivity index (χ0) is 13.0. The summed E-state index contributed by atoms with van der Waals surface area (Å²) in [5, 5.41) is 9.19. The van der Waals surface area contributed by atoms with E-state index in [1.165, 1.54) is 12.1 Å². The normalized spacial score (nSPS) is 9.83. The molecule has 0 unspecified atom stereocenters. The number of rotatable bonds is 3. The maximum absolute atomic E-state index is 12.7. The minimum absolute atomic E-state index is 0.274. The molecule has 0 fully saturated rings. The Morgan fingerprint density at radius 1 is 1.17 bits per heavy atom. The molecular weight excluding hydrogens is 253 g/mol. The first-order chi connectivity index (χ1) is 8.69. The van der Waals surface area contributed by atoms with E-state index >= 15 is 0 Å². The molecule has 18 heavy (non-hydrogen) atoms. The molecule has 0 spiro atoms. The highest BCUT2D eigenvalue weighted by atomic mass is 35.5. The predicted molar refractivity (Wildman–Crippen MR) is 66.9 cm³/mol. The molecule has 90 valence electrons. The Balaban J connectivity index is 2.06. The van der Waals surface area contributed by atoms with Gasteiger partial charge in [0.05, 0.1) is 11.6 Å². The van der Waals surface area contributed by atoms with Crippen LogP contribution in [0.4, 0.5) is 4.39 Å². The second-order valence-corrected chi connectivity index (χ2v) is 4.07. The topological polar surface area (TPSA) is 33.0 Å². The van der Waals surface area contributed by atoms with Crippen molar-refractivity contribution in [3.05, 3.63) is 64.4 Å². The fourth-order valence-corrected chi connectivity index (χ4v) is 1.66. The van der Waals surface area contributed by atoms with Crippen molar-refractivity contribution < 1.29 is 9.13 Å². The van der Waals surface area contributed by atoms with Crippen molar-refractivity contribution in [3.8, 4) is 11.8 Å². The molecule has 0 radical (unpaired) electrons. The smallest absolute Gasteiger partial charge is 0.123 e. The van der Waals surface area contributed by atoms with Gasteiger partial charge in [-0.15, -0.1) is 0 Å². The van der Waals surface area contributed by atoms with Crippen LogP contribution in [-0.2, 0) is 6.61 Å². The van der Waals surface area contributed by atoms with Crippen molar-refractivity contribution in [1.29, 1.82) is 5.26 Å². The van der Waals surface area contributed by atoms with Gasteiger partial charge in [0.15, 0.2) is 0 Å². The standard InChI is InChI=1S/C14H9ClFNO/c15-14-7-10(8-17)1-2-11(14)9-18-13-5-3-12(16)4-6-13/h1-7H,9H2.